The Kier molecular flexibility index (Phi) is 53.3. The van der Waals surface area contributed by atoms with Crippen LogP contribution in [-0.2, 0) is 36.2 Å². The zero-order chi connectivity index (χ0) is 31.9. The van der Waals surface area contributed by atoms with Gasteiger partial charge in [0.25, 0.3) is 0 Å². The van der Waals surface area contributed by atoms with E-state index in [4.69, 9.17) is 0 Å². The molecule has 0 aliphatic rings. The Morgan fingerprint density at radius 3 is 0.619 bits per heavy atom. The maximum absolute atomic E-state index is 10.3. The molecule has 245 valence electrons. The molecule has 0 aliphatic carbocycles. The summed E-state index contributed by atoms with van der Waals surface area (Å²) >= 11 is 0. The largest absolute Gasteiger partial charge is 3.00 e. The SMILES string of the molecule is CCCCC(CC)C(=O)[O-].CCCCC(CC)C(=O)[O-].CCCCC(CC)C(=O)[O-].CCCCC(CC)C(=O)[O-].[Fe+3].[K+]. The molecule has 0 amide bonds. The van der Waals surface area contributed by atoms with E-state index in [0.29, 0.717) is 25.7 Å². The van der Waals surface area contributed by atoms with Crippen molar-refractivity contribution < 1.29 is 108 Å². The van der Waals surface area contributed by atoms with Crippen LogP contribution in [0.5, 0.6) is 0 Å². The summed E-state index contributed by atoms with van der Waals surface area (Å²) in [5.74, 6) is -4.46. The number of aliphatic carboxylic acids is 4. The van der Waals surface area contributed by atoms with Crippen molar-refractivity contribution in [2.75, 3.05) is 0 Å². The molecule has 0 aliphatic heterocycles. The fourth-order valence-electron chi connectivity index (χ4n) is 3.76. The Labute approximate surface area is 310 Å². The molecule has 0 aromatic rings. The first-order chi connectivity index (χ1) is 18.9. The molecule has 0 aromatic carbocycles. The van der Waals surface area contributed by atoms with Crippen molar-refractivity contribution in [3.63, 3.8) is 0 Å². The summed E-state index contributed by atoms with van der Waals surface area (Å²) in [6, 6.07) is 0. The maximum Gasteiger partial charge on any atom is 3.00 e. The standard InChI is InChI=1S/4C8H16O2.Fe.K/c4*1-3-5-6-7(4-2)8(9)10;;/h4*7H,3-6H2,1-2H3,(H,9,10);;/q;;;;+3;+1/p-4. The number of rotatable bonds is 20. The molecule has 8 nitrogen and oxygen atoms in total. The van der Waals surface area contributed by atoms with Gasteiger partial charge in [0.05, 0.1) is 0 Å². The van der Waals surface area contributed by atoms with Crippen molar-refractivity contribution in [3.8, 4) is 0 Å². The minimum atomic E-state index is -0.893. The molecule has 0 saturated carbocycles. The van der Waals surface area contributed by atoms with Crippen molar-refractivity contribution >= 4 is 23.9 Å². The molecule has 0 saturated heterocycles. The summed E-state index contributed by atoms with van der Waals surface area (Å²) < 4.78 is 0. The minimum Gasteiger partial charge on any atom is -0.550 e. The van der Waals surface area contributed by atoms with Crippen LogP contribution in [0.4, 0.5) is 0 Å². The second kappa shape index (κ2) is 41.0. The van der Waals surface area contributed by atoms with Crippen LogP contribution in [0.1, 0.15) is 158 Å². The number of carboxylic acid groups (broad SMARTS) is 4. The molecular formula is C32H60FeKO8. The van der Waals surface area contributed by atoms with Crippen LogP contribution in [0.3, 0.4) is 0 Å². The van der Waals surface area contributed by atoms with Gasteiger partial charge in [0.2, 0.25) is 0 Å². The third-order valence-electron chi connectivity index (χ3n) is 6.93. The van der Waals surface area contributed by atoms with Crippen LogP contribution in [0.2, 0.25) is 0 Å². The number of unbranched alkanes of at least 4 members (excludes halogenated alkanes) is 4. The van der Waals surface area contributed by atoms with Gasteiger partial charge in [-0.3, -0.25) is 0 Å². The van der Waals surface area contributed by atoms with Gasteiger partial charge in [-0.2, -0.15) is 0 Å². The number of carbonyl (C=O) groups excluding carboxylic acids is 4. The Morgan fingerprint density at radius 1 is 0.405 bits per heavy atom. The average Bonchev–Trinajstić information content (AvgIpc) is 2.91. The summed E-state index contributed by atoms with van der Waals surface area (Å²) in [4.78, 5) is 41.3. The van der Waals surface area contributed by atoms with E-state index >= 15 is 0 Å². The summed E-state index contributed by atoms with van der Waals surface area (Å²) in [6.45, 7) is 15.8. The van der Waals surface area contributed by atoms with Crippen molar-refractivity contribution in [3.05, 3.63) is 0 Å². The third-order valence-corrected chi connectivity index (χ3v) is 6.93. The van der Waals surface area contributed by atoms with E-state index in [1.807, 2.05) is 27.7 Å². The van der Waals surface area contributed by atoms with E-state index in [-0.39, 0.29) is 92.1 Å². The van der Waals surface area contributed by atoms with Gasteiger partial charge in [-0.05, 0) is 75.0 Å². The summed E-state index contributed by atoms with van der Waals surface area (Å²) in [6.07, 6.45) is 14.1. The smallest absolute Gasteiger partial charge is 0.550 e. The molecule has 0 heterocycles. The van der Waals surface area contributed by atoms with Gasteiger partial charge >= 0.3 is 68.5 Å². The first kappa shape index (κ1) is 54.5. The van der Waals surface area contributed by atoms with Gasteiger partial charge in [0, 0.05) is 23.9 Å². The quantitative estimate of drug-likeness (QED) is 0.173. The number of carboxylic acids is 4. The first-order valence-corrected chi connectivity index (χ1v) is 15.7. The zero-order valence-corrected chi connectivity index (χ0v) is 32.5. The van der Waals surface area contributed by atoms with Crippen molar-refractivity contribution in [2.24, 2.45) is 23.7 Å². The van der Waals surface area contributed by atoms with Crippen LogP contribution in [0, 0.1) is 23.7 Å². The molecule has 42 heavy (non-hydrogen) atoms. The predicted octanol–water partition coefficient (Wildman–Crippen LogP) is 0.812. The topological polar surface area (TPSA) is 161 Å². The van der Waals surface area contributed by atoms with Crippen molar-refractivity contribution in [2.45, 2.75) is 158 Å². The van der Waals surface area contributed by atoms with E-state index in [1.54, 1.807) is 0 Å². The Bertz CT molecular complexity index is 515. The van der Waals surface area contributed by atoms with E-state index in [0.717, 1.165) is 77.0 Å². The number of hydrogen-bond donors (Lipinski definition) is 0. The normalized spacial score (nSPS) is 12.4. The molecular weight excluding hydrogens is 607 g/mol. The monoisotopic (exact) mass is 667 g/mol. The minimum absolute atomic E-state index is 0. The second-order valence-electron chi connectivity index (χ2n) is 10.3. The fraction of sp³-hybridized carbons (Fsp3) is 0.875. The molecule has 10 heteroatoms. The molecule has 0 bridgehead atoms. The molecule has 0 aromatic heterocycles. The van der Waals surface area contributed by atoms with Crippen LogP contribution in [0.25, 0.3) is 0 Å². The van der Waals surface area contributed by atoms with E-state index in [2.05, 4.69) is 27.7 Å². The van der Waals surface area contributed by atoms with Gasteiger partial charge in [-0.1, -0.05) is 107 Å². The van der Waals surface area contributed by atoms with E-state index in [9.17, 15) is 39.6 Å². The van der Waals surface area contributed by atoms with Crippen LogP contribution in [0.15, 0.2) is 0 Å². The molecule has 0 spiro atoms. The van der Waals surface area contributed by atoms with E-state index < -0.39 is 23.9 Å². The summed E-state index contributed by atoms with van der Waals surface area (Å²) in [7, 11) is 0. The maximum atomic E-state index is 10.3. The summed E-state index contributed by atoms with van der Waals surface area (Å²) in [5.41, 5.74) is 0. The number of hydrogen-bond acceptors (Lipinski definition) is 8. The molecule has 4 unspecified atom stereocenters. The zero-order valence-electron chi connectivity index (χ0n) is 28.2. The molecule has 1 radical (unpaired) electrons. The second-order valence-corrected chi connectivity index (χ2v) is 10.3. The third kappa shape index (κ3) is 38.1. The Morgan fingerprint density at radius 2 is 0.548 bits per heavy atom. The van der Waals surface area contributed by atoms with Crippen molar-refractivity contribution in [1.82, 2.24) is 0 Å². The van der Waals surface area contributed by atoms with Crippen LogP contribution < -0.4 is 71.8 Å². The first-order valence-electron chi connectivity index (χ1n) is 15.7. The van der Waals surface area contributed by atoms with Crippen LogP contribution in [-0.4, -0.2) is 23.9 Å². The van der Waals surface area contributed by atoms with Gasteiger partial charge in [0.1, 0.15) is 0 Å². The molecule has 0 rings (SSSR count). The molecule has 0 fully saturated rings. The fourth-order valence-corrected chi connectivity index (χ4v) is 3.76. The Balaban J connectivity index is -0.000000101. The Hall–Kier alpha value is 0.0358. The average molecular weight is 668 g/mol. The molecule has 0 N–H and O–H groups in total. The number of carbonyl (C=O) groups is 4. The van der Waals surface area contributed by atoms with Gasteiger partial charge in [-0.25, -0.2) is 0 Å². The predicted molar refractivity (Wildman–Crippen MR) is 153 cm³/mol. The van der Waals surface area contributed by atoms with Crippen molar-refractivity contribution in [1.29, 1.82) is 0 Å². The van der Waals surface area contributed by atoms with E-state index in [1.165, 1.54) is 0 Å². The van der Waals surface area contributed by atoms with Gasteiger partial charge < -0.3 is 39.6 Å². The van der Waals surface area contributed by atoms with Crippen LogP contribution >= 0.6 is 0 Å². The molecule has 4 atom stereocenters. The summed E-state index contributed by atoms with van der Waals surface area (Å²) in [5, 5.41) is 41.3. The van der Waals surface area contributed by atoms with Gasteiger partial charge in [0.15, 0.2) is 0 Å². The van der Waals surface area contributed by atoms with Gasteiger partial charge in [-0.15, -0.1) is 0 Å².